The number of carbonyl (C=O) groups is 1. The fraction of sp³-hybridized carbons (Fsp3) is 0.417. The van der Waals surface area contributed by atoms with Crippen LogP contribution in [-0.2, 0) is 4.74 Å². The zero-order chi connectivity index (χ0) is 12.7. The van der Waals surface area contributed by atoms with Gasteiger partial charge in [0.1, 0.15) is 0 Å². The Morgan fingerprint density at radius 1 is 1.41 bits per heavy atom. The molecule has 1 rings (SSSR count). The zero-order valence-electron chi connectivity index (χ0n) is 9.63. The Labute approximate surface area is 118 Å². The van der Waals surface area contributed by atoms with E-state index in [1.807, 2.05) is 25.1 Å². The maximum absolute atomic E-state index is 11.8. The van der Waals surface area contributed by atoms with Crippen LogP contribution in [0, 0.1) is 6.92 Å². The number of nitrogens with one attached hydrogen (secondary N) is 1. The lowest BCUT2D eigenvalue weighted by atomic mass is 10.1. The van der Waals surface area contributed by atoms with Gasteiger partial charge in [0.05, 0.1) is 13.2 Å². The minimum Gasteiger partial charge on any atom is -0.379 e. The van der Waals surface area contributed by atoms with Gasteiger partial charge in [0.15, 0.2) is 0 Å². The predicted octanol–water partition coefficient (Wildman–Crippen LogP) is 2.90. The van der Waals surface area contributed by atoms with E-state index in [2.05, 4.69) is 37.2 Å². The van der Waals surface area contributed by atoms with E-state index in [4.69, 9.17) is 4.74 Å². The molecular weight excluding hydrogens is 350 g/mol. The molecule has 0 spiro atoms. The van der Waals surface area contributed by atoms with Gasteiger partial charge < -0.3 is 10.1 Å². The number of benzene rings is 1. The number of carbonyl (C=O) groups excluding carboxylic acids is 1. The maximum atomic E-state index is 11.8. The molecule has 0 fully saturated rings. The van der Waals surface area contributed by atoms with Crippen LogP contribution >= 0.6 is 31.9 Å². The minimum atomic E-state index is -0.0579. The Balaban J connectivity index is 2.42. The van der Waals surface area contributed by atoms with E-state index in [9.17, 15) is 4.79 Å². The summed E-state index contributed by atoms with van der Waals surface area (Å²) in [6.07, 6.45) is 0. The van der Waals surface area contributed by atoms with Crippen LogP contribution in [0.3, 0.4) is 0 Å². The number of alkyl halides is 1. The average Bonchev–Trinajstić information content (AvgIpc) is 2.28. The second kappa shape index (κ2) is 7.84. The Hall–Kier alpha value is -0.390. The Morgan fingerprint density at radius 3 is 2.82 bits per heavy atom. The molecule has 1 N–H and O–H groups in total. The highest BCUT2D eigenvalue weighted by Gasteiger charge is 2.07. The first-order valence-corrected chi connectivity index (χ1v) is 7.24. The fourth-order valence-corrected chi connectivity index (χ4v) is 2.07. The van der Waals surface area contributed by atoms with Crippen LogP contribution in [0.5, 0.6) is 0 Å². The molecule has 0 saturated heterocycles. The molecular formula is C12H15Br2NO2. The molecule has 0 aliphatic heterocycles. The topological polar surface area (TPSA) is 38.3 Å². The average molecular weight is 365 g/mol. The van der Waals surface area contributed by atoms with Crippen LogP contribution in [0.25, 0.3) is 0 Å². The van der Waals surface area contributed by atoms with E-state index in [0.29, 0.717) is 25.3 Å². The highest BCUT2D eigenvalue weighted by atomic mass is 79.9. The van der Waals surface area contributed by atoms with Crippen molar-refractivity contribution in [3.8, 4) is 0 Å². The molecule has 5 heteroatoms. The third-order valence-corrected chi connectivity index (χ3v) is 3.00. The standard InChI is InChI=1S/C12H15Br2NO2/c1-9-8-10(14)2-3-11(9)12(16)15-5-7-17-6-4-13/h2-3,8H,4-7H2,1H3,(H,15,16). The zero-order valence-corrected chi connectivity index (χ0v) is 12.8. The van der Waals surface area contributed by atoms with Crippen molar-refractivity contribution in [1.82, 2.24) is 5.32 Å². The summed E-state index contributed by atoms with van der Waals surface area (Å²) in [6, 6.07) is 5.60. The predicted molar refractivity (Wildman–Crippen MR) is 75.8 cm³/mol. The van der Waals surface area contributed by atoms with E-state index in [0.717, 1.165) is 15.4 Å². The van der Waals surface area contributed by atoms with Crippen molar-refractivity contribution in [3.63, 3.8) is 0 Å². The number of amides is 1. The van der Waals surface area contributed by atoms with E-state index in [1.165, 1.54) is 0 Å². The van der Waals surface area contributed by atoms with Crippen LogP contribution in [0.1, 0.15) is 15.9 Å². The monoisotopic (exact) mass is 363 g/mol. The first-order chi connectivity index (χ1) is 8.15. The first kappa shape index (κ1) is 14.7. The normalized spacial score (nSPS) is 10.3. The largest absolute Gasteiger partial charge is 0.379 e. The Kier molecular flexibility index (Phi) is 6.77. The van der Waals surface area contributed by atoms with Crippen molar-refractivity contribution in [2.45, 2.75) is 6.92 Å². The van der Waals surface area contributed by atoms with E-state index in [-0.39, 0.29) is 5.91 Å². The van der Waals surface area contributed by atoms with Crippen molar-refractivity contribution in [2.75, 3.05) is 25.1 Å². The van der Waals surface area contributed by atoms with Crippen molar-refractivity contribution in [2.24, 2.45) is 0 Å². The summed E-state index contributed by atoms with van der Waals surface area (Å²) in [7, 11) is 0. The molecule has 0 aliphatic carbocycles. The lowest BCUT2D eigenvalue weighted by Gasteiger charge is -2.08. The second-order valence-electron chi connectivity index (χ2n) is 3.52. The van der Waals surface area contributed by atoms with Gasteiger partial charge in [-0.3, -0.25) is 4.79 Å². The highest BCUT2D eigenvalue weighted by molar-refractivity contribution is 9.10. The summed E-state index contributed by atoms with van der Waals surface area (Å²) < 4.78 is 6.23. The molecule has 0 aliphatic rings. The van der Waals surface area contributed by atoms with E-state index < -0.39 is 0 Å². The number of ether oxygens (including phenoxy) is 1. The number of hydrogen-bond donors (Lipinski definition) is 1. The SMILES string of the molecule is Cc1cc(Br)ccc1C(=O)NCCOCCBr. The van der Waals surface area contributed by atoms with Crippen molar-refractivity contribution < 1.29 is 9.53 Å². The first-order valence-electron chi connectivity index (χ1n) is 5.33. The van der Waals surface area contributed by atoms with Gasteiger partial charge in [-0.15, -0.1) is 0 Å². The molecule has 0 unspecified atom stereocenters. The molecule has 0 atom stereocenters. The van der Waals surface area contributed by atoms with E-state index in [1.54, 1.807) is 0 Å². The van der Waals surface area contributed by atoms with Crippen molar-refractivity contribution >= 4 is 37.8 Å². The third-order valence-electron chi connectivity index (χ3n) is 2.19. The number of rotatable bonds is 6. The van der Waals surface area contributed by atoms with Crippen LogP contribution < -0.4 is 5.32 Å². The molecule has 0 bridgehead atoms. The summed E-state index contributed by atoms with van der Waals surface area (Å²) in [5.74, 6) is -0.0579. The van der Waals surface area contributed by atoms with Gasteiger partial charge in [0.2, 0.25) is 0 Å². The summed E-state index contributed by atoms with van der Waals surface area (Å²) in [5.41, 5.74) is 1.66. The quantitative estimate of drug-likeness (QED) is 0.622. The van der Waals surface area contributed by atoms with Crippen LogP contribution in [0.2, 0.25) is 0 Å². The smallest absolute Gasteiger partial charge is 0.251 e. The van der Waals surface area contributed by atoms with Crippen LogP contribution in [-0.4, -0.2) is 31.0 Å². The summed E-state index contributed by atoms with van der Waals surface area (Å²) in [6.45, 7) is 3.64. The second-order valence-corrected chi connectivity index (χ2v) is 5.23. The highest BCUT2D eigenvalue weighted by Crippen LogP contribution is 2.15. The fourth-order valence-electron chi connectivity index (χ4n) is 1.37. The summed E-state index contributed by atoms with van der Waals surface area (Å²) in [4.78, 5) is 11.8. The Morgan fingerprint density at radius 2 is 2.18 bits per heavy atom. The molecule has 0 aromatic heterocycles. The van der Waals surface area contributed by atoms with Gasteiger partial charge in [0, 0.05) is 21.9 Å². The molecule has 17 heavy (non-hydrogen) atoms. The number of hydrogen-bond acceptors (Lipinski definition) is 2. The maximum Gasteiger partial charge on any atom is 0.251 e. The van der Waals surface area contributed by atoms with Gasteiger partial charge in [-0.05, 0) is 30.7 Å². The van der Waals surface area contributed by atoms with Gasteiger partial charge >= 0.3 is 0 Å². The Bertz CT molecular complexity index is 383. The van der Waals surface area contributed by atoms with Gasteiger partial charge in [-0.1, -0.05) is 31.9 Å². The molecule has 94 valence electrons. The van der Waals surface area contributed by atoms with Crippen LogP contribution in [0.4, 0.5) is 0 Å². The lowest BCUT2D eigenvalue weighted by Crippen LogP contribution is -2.28. The lowest BCUT2D eigenvalue weighted by molar-refractivity contribution is 0.0923. The third kappa shape index (κ3) is 5.19. The van der Waals surface area contributed by atoms with Gasteiger partial charge in [-0.2, -0.15) is 0 Å². The molecule has 0 radical (unpaired) electrons. The molecule has 1 aromatic carbocycles. The molecule has 1 amide bonds. The molecule has 0 saturated carbocycles. The minimum absolute atomic E-state index is 0.0579. The van der Waals surface area contributed by atoms with Crippen molar-refractivity contribution in [3.05, 3.63) is 33.8 Å². The van der Waals surface area contributed by atoms with Gasteiger partial charge in [0.25, 0.3) is 5.91 Å². The molecule has 3 nitrogen and oxygen atoms in total. The molecule has 1 aromatic rings. The van der Waals surface area contributed by atoms with Crippen molar-refractivity contribution in [1.29, 1.82) is 0 Å². The molecule has 0 heterocycles. The van der Waals surface area contributed by atoms with E-state index >= 15 is 0 Å². The van der Waals surface area contributed by atoms with Gasteiger partial charge in [-0.25, -0.2) is 0 Å². The summed E-state index contributed by atoms with van der Waals surface area (Å²) in [5, 5.41) is 3.64. The van der Waals surface area contributed by atoms with Crippen LogP contribution in [0.15, 0.2) is 22.7 Å². The number of halogens is 2. The summed E-state index contributed by atoms with van der Waals surface area (Å²) >= 11 is 6.64. The number of aryl methyl sites for hydroxylation is 1.